The number of hydrogen-bond donors (Lipinski definition) is 2. The van der Waals surface area contributed by atoms with Gasteiger partial charge in [-0.05, 0) is 60.5 Å². The number of benzene rings is 2. The molecule has 2 N–H and O–H groups in total. The lowest BCUT2D eigenvalue weighted by atomic mass is 9.96. The number of carbonyl (C=O) groups is 3. The van der Waals surface area contributed by atoms with Gasteiger partial charge in [0, 0.05) is 18.0 Å². The van der Waals surface area contributed by atoms with Crippen LogP contribution in [0.15, 0.2) is 66.5 Å². The summed E-state index contributed by atoms with van der Waals surface area (Å²) < 4.78 is 5.83. The molecule has 1 atom stereocenters. The van der Waals surface area contributed by atoms with Crippen molar-refractivity contribution >= 4 is 50.1 Å². The number of aryl methyl sites for hydroxylation is 1. The number of nitrogens with zero attached hydrogens (tertiary/aromatic N) is 3. The molecule has 1 saturated heterocycles. The number of Topliss-reactive ketones (excluding diaryl/α,β-unsaturated/α-hetero) is 1. The van der Waals surface area contributed by atoms with Gasteiger partial charge in [0.05, 0.1) is 34.5 Å². The zero-order valence-electron chi connectivity index (χ0n) is 19.1. The number of carboxylic acids is 1. The van der Waals surface area contributed by atoms with Crippen molar-refractivity contribution in [1.82, 2.24) is 9.97 Å². The number of anilines is 1. The number of rotatable bonds is 5. The largest absolute Gasteiger partial charge is 0.507 e. The molecule has 5 rings (SSSR count). The van der Waals surface area contributed by atoms with E-state index in [9.17, 15) is 24.6 Å². The minimum Gasteiger partial charge on any atom is -0.507 e. The number of aromatic carboxylic acids is 1. The molecule has 1 amide bonds. The van der Waals surface area contributed by atoms with E-state index in [1.165, 1.54) is 30.3 Å². The highest BCUT2D eigenvalue weighted by Gasteiger charge is 2.48. The lowest BCUT2D eigenvalue weighted by Crippen LogP contribution is -2.29. The van der Waals surface area contributed by atoms with Gasteiger partial charge in [-0.15, -0.1) is 0 Å². The van der Waals surface area contributed by atoms with Crippen molar-refractivity contribution in [3.63, 3.8) is 0 Å². The molecule has 10 heteroatoms. The summed E-state index contributed by atoms with van der Waals surface area (Å²) in [5.74, 6) is -2.51. The Bertz CT molecular complexity index is 1580. The summed E-state index contributed by atoms with van der Waals surface area (Å²) in [4.78, 5) is 47.9. The molecule has 3 heterocycles. The van der Waals surface area contributed by atoms with Gasteiger partial charge in [0.15, 0.2) is 5.13 Å². The lowest BCUT2D eigenvalue weighted by molar-refractivity contribution is -0.132. The fraction of sp³-hybridized carbons (Fsp3) is 0.115. The number of methoxy groups -OCH3 is 1. The molecule has 1 unspecified atom stereocenters. The number of ether oxygens (including phenoxy) is 1. The van der Waals surface area contributed by atoms with Gasteiger partial charge >= 0.3 is 11.9 Å². The van der Waals surface area contributed by atoms with E-state index in [2.05, 4.69) is 9.97 Å². The summed E-state index contributed by atoms with van der Waals surface area (Å²) in [6.45, 7) is 1.80. The van der Waals surface area contributed by atoms with E-state index < -0.39 is 23.7 Å². The van der Waals surface area contributed by atoms with Gasteiger partial charge in [-0.25, -0.2) is 9.78 Å². The van der Waals surface area contributed by atoms with Crippen LogP contribution in [0.5, 0.6) is 5.75 Å². The Labute approximate surface area is 208 Å². The van der Waals surface area contributed by atoms with Gasteiger partial charge < -0.3 is 14.9 Å². The van der Waals surface area contributed by atoms with Gasteiger partial charge in [0.2, 0.25) is 0 Å². The van der Waals surface area contributed by atoms with Crippen molar-refractivity contribution in [3.05, 3.63) is 88.8 Å². The van der Waals surface area contributed by atoms with Crippen LogP contribution in [0.25, 0.3) is 16.0 Å². The van der Waals surface area contributed by atoms with Crippen LogP contribution < -0.4 is 9.64 Å². The number of ketones is 1. The average molecular weight is 502 g/mol. The Morgan fingerprint density at radius 1 is 1.08 bits per heavy atom. The number of carbonyl (C=O) groups excluding carboxylic acids is 2. The smallest absolute Gasteiger partial charge is 0.335 e. The summed E-state index contributed by atoms with van der Waals surface area (Å²) in [6, 6.07) is 11.8. The molecule has 9 nitrogen and oxygen atoms in total. The van der Waals surface area contributed by atoms with Gasteiger partial charge in [-0.3, -0.25) is 19.5 Å². The summed E-state index contributed by atoms with van der Waals surface area (Å²) in [5, 5.41) is 20.8. The van der Waals surface area contributed by atoms with Gasteiger partial charge in [0.25, 0.3) is 5.78 Å². The standard InChI is InChI=1S/C26H19N3O6S/c1-13-10-14(6-8-18(13)35-2)22(30)20-21(16-4-3-9-27-12-16)29(24(32)23(20)31)26-28-17-7-5-15(25(33)34)11-19(17)36-26/h3-12,21,30H,1-2H3,(H,33,34)/b22-20+. The fourth-order valence-corrected chi connectivity index (χ4v) is 5.24. The number of aliphatic hydroxyl groups is 1. The first-order chi connectivity index (χ1) is 17.3. The van der Waals surface area contributed by atoms with Crippen molar-refractivity contribution < 1.29 is 29.3 Å². The molecule has 0 bridgehead atoms. The normalized spacial score (nSPS) is 17.1. The van der Waals surface area contributed by atoms with Crippen LogP contribution in [-0.4, -0.2) is 45.0 Å². The maximum absolute atomic E-state index is 13.3. The first-order valence-corrected chi connectivity index (χ1v) is 11.6. The SMILES string of the molecule is COc1ccc(/C(O)=C2\C(=O)C(=O)N(c3nc4ccc(C(=O)O)cc4s3)C2c2cccnc2)cc1C. The second kappa shape index (κ2) is 8.90. The lowest BCUT2D eigenvalue weighted by Gasteiger charge is -2.22. The van der Waals surface area contributed by atoms with E-state index >= 15 is 0 Å². The first kappa shape index (κ1) is 23.2. The van der Waals surface area contributed by atoms with Crippen molar-refractivity contribution in [2.24, 2.45) is 0 Å². The zero-order valence-corrected chi connectivity index (χ0v) is 19.9. The summed E-state index contributed by atoms with van der Waals surface area (Å²) in [7, 11) is 1.53. The minimum atomic E-state index is -1.09. The van der Waals surface area contributed by atoms with Crippen LogP contribution in [0.2, 0.25) is 0 Å². The average Bonchev–Trinajstić information content (AvgIpc) is 3.41. The molecule has 0 aliphatic carbocycles. The molecule has 1 aliphatic heterocycles. The van der Waals surface area contributed by atoms with E-state index in [4.69, 9.17) is 4.74 Å². The van der Waals surface area contributed by atoms with Crippen LogP contribution >= 0.6 is 11.3 Å². The van der Waals surface area contributed by atoms with Crippen LogP contribution in [-0.2, 0) is 9.59 Å². The summed E-state index contributed by atoms with van der Waals surface area (Å²) >= 11 is 1.08. The molecule has 1 aliphatic rings. The Balaban J connectivity index is 1.70. The monoisotopic (exact) mass is 501 g/mol. The third kappa shape index (κ3) is 3.77. The number of aliphatic hydroxyl groups excluding tert-OH is 1. The zero-order chi connectivity index (χ0) is 25.6. The molecule has 0 saturated carbocycles. The quantitative estimate of drug-likeness (QED) is 0.235. The highest BCUT2D eigenvalue weighted by Crippen LogP contribution is 2.44. The maximum Gasteiger partial charge on any atom is 0.335 e. The molecule has 2 aromatic heterocycles. The predicted octanol–water partition coefficient (Wildman–Crippen LogP) is 4.33. The van der Waals surface area contributed by atoms with E-state index in [0.717, 1.165) is 16.9 Å². The number of thiazole rings is 1. The molecule has 1 fully saturated rings. The number of fused-ring (bicyclic) bond motifs is 1. The topological polar surface area (TPSA) is 130 Å². The van der Waals surface area contributed by atoms with Crippen molar-refractivity contribution in [1.29, 1.82) is 0 Å². The third-order valence-electron chi connectivity index (χ3n) is 5.94. The van der Waals surface area contributed by atoms with Gasteiger partial charge in [-0.2, -0.15) is 0 Å². The van der Waals surface area contributed by atoms with E-state index in [-0.39, 0.29) is 22.0 Å². The molecular formula is C26H19N3O6S. The first-order valence-electron chi connectivity index (χ1n) is 10.8. The third-order valence-corrected chi connectivity index (χ3v) is 6.96. The molecule has 0 radical (unpaired) electrons. The molecule has 0 spiro atoms. The summed E-state index contributed by atoms with van der Waals surface area (Å²) in [6.07, 6.45) is 3.08. The number of carboxylic acid groups (broad SMARTS) is 1. The van der Waals surface area contributed by atoms with E-state index in [1.807, 2.05) is 0 Å². The van der Waals surface area contributed by atoms with Crippen LogP contribution in [0.3, 0.4) is 0 Å². The van der Waals surface area contributed by atoms with Crippen molar-refractivity contribution in [2.45, 2.75) is 13.0 Å². The number of pyridine rings is 1. The van der Waals surface area contributed by atoms with Crippen LogP contribution in [0, 0.1) is 6.92 Å². The number of amides is 1. The predicted molar refractivity (Wildman–Crippen MR) is 133 cm³/mol. The molecular weight excluding hydrogens is 482 g/mol. The second-order valence-electron chi connectivity index (χ2n) is 8.12. The Morgan fingerprint density at radius 3 is 2.53 bits per heavy atom. The van der Waals surface area contributed by atoms with Crippen molar-refractivity contribution in [3.8, 4) is 5.75 Å². The van der Waals surface area contributed by atoms with Gasteiger partial charge in [-0.1, -0.05) is 17.4 Å². The van der Waals surface area contributed by atoms with Gasteiger partial charge in [0.1, 0.15) is 11.5 Å². The van der Waals surface area contributed by atoms with Crippen LogP contribution in [0.1, 0.15) is 33.1 Å². The molecule has 36 heavy (non-hydrogen) atoms. The Hall–Kier alpha value is -4.57. The molecule has 4 aromatic rings. The fourth-order valence-electron chi connectivity index (χ4n) is 4.21. The van der Waals surface area contributed by atoms with E-state index in [0.29, 0.717) is 27.1 Å². The number of aromatic nitrogens is 2. The molecule has 2 aromatic carbocycles. The highest BCUT2D eigenvalue weighted by atomic mass is 32.1. The number of hydrogen-bond acceptors (Lipinski definition) is 8. The maximum atomic E-state index is 13.3. The van der Waals surface area contributed by atoms with Crippen molar-refractivity contribution in [2.75, 3.05) is 12.0 Å². The minimum absolute atomic E-state index is 0.0819. The Morgan fingerprint density at radius 2 is 1.86 bits per heavy atom. The molecule has 180 valence electrons. The second-order valence-corrected chi connectivity index (χ2v) is 9.13. The van der Waals surface area contributed by atoms with E-state index in [1.54, 1.807) is 49.5 Å². The summed E-state index contributed by atoms with van der Waals surface area (Å²) in [5.41, 5.74) is 2.08. The van der Waals surface area contributed by atoms with Crippen LogP contribution in [0.4, 0.5) is 5.13 Å². The Kier molecular flexibility index (Phi) is 5.73. The highest BCUT2D eigenvalue weighted by molar-refractivity contribution is 7.22.